The lowest BCUT2D eigenvalue weighted by Crippen LogP contribution is -2.48. The number of rotatable bonds is 6. The summed E-state index contributed by atoms with van der Waals surface area (Å²) in [6.45, 7) is 5.66. The minimum Gasteiger partial charge on any atom is -0.465 e. The van der Waals surface area contributed by atoms with E-state index in [0.717, 1.165) is 16.7 Å². The number of hydrogen-bond acceptors (Lipinski definition) is 4. The Kier molecular flexibility index (Phi) is 6.55. The lowest BCUT2D eigenvalue weighted by atomic mass is 9.94. The standard InChI is InChI=1S/C23H28FNO4/c1-15(26)25-12-11-16-7-8-19(14-20(16)17-5-4-6-18(24)13-17)28-22-10-9-21(27)23(2,3)29-22/h4-8,13-14,21-22,27H,9-12H2,1-3H3,(H,25,26). The van der Waals surface area contributed by atoms with Gasteiger partial charge in [0.1, 0.15) is 11.6 Å². The minimum absolute atomic E-state index is 0.0866. The molecule has 3 rings (SSSR count). The highest BCUT2D eigenvalue weighted by Crippen LogP contribution is 2.33. The Morgan fingerprint density at radius 2 is 2.07 bits per heavy atom. The van der Waals surface area contributed by atoms with Crippen LogP contribution in [0.25, 0.3) is 11.1 Å². The Morgan fingerprint density at radius 3 is 2.76 bits per heavy atom. The number of carbonyl (C=O) groups is 1. The predicted molar refractivity (Wildman–Crippen MR) is 109 cm³/mol. The summed E-state index contributed by atoms with van der Waals surface area (Å²) in [5, 5.41) is 12.8. The van der Waals surface area contributed by atoms with E-state index in [1.807, 2.05) is 38.1 Å². The number of amides is 1. The molecule has 0 aliphatic carbocycles. The van der Waals surface area contributed by atoms with Crippen LogP contribution < -0.4 is 10.1 Å². The van der Waals surface area contributed by atoms with Crippen molar-refractivity contribution in [1.29, 1.82) is 0 Å². The highest BCUT2D eigenvalue weighted by Gasteiger charge is 2.37. The third-order valence-electron chi connectivity index (χ3n) is 5.17. The van der Waals surface area contributed by atoms with Crippen molar-refractivity contribution in [1.82, 2.24) is 5.32 Å². The second kappa shape index (κ2) is 8.93. The van der Waals surface area contributed by atoms with Gasteiger partial charge in [0.25, 0.3) is 0 Å². The summed E-state index contributed by atoms with van der Waals surface area (Å²) in [5.41, 5.74) is 1.90. The molecule has 2 N–H and O–H groups in total. The third-order valence-corrected chi connectivity index (χ3v) is 5.17. The molecule has 6 heteroatoms. The molecule has 2 atom stereocenters. The van der Waals surface area contributed by atoms with Gasteiger partial charge in [-0.1, -0.05) is 18.2 Å². The first kappa shape index (κ1) is 21.3. The quantitative estimate of drug-likeness (QED) is 0.772. The normalized spacial score (nSPS) is 20.9. The summed E-state index contributed by atoms with van der Waals surface area (Å²) >= 11 is 0. The number of hydrogen-bond donors (Lipinski definition) is 2. The summed E-state index contributed by atoms with van der Waals surface area (Å²) in [6.07, 6.45) is 0.818. The van der Waals surface area contributed by atoms with Crippen molar-refractivity contribution >= 4 is 5.91 Å². The molecule has 29 heavy (non-hydrogen) atoms. The fraction of sp³-hybridized carbons (Fsp3) is 0.435. The summed E-state index contributed by atoms with van der Waals surface area (Å²) in [5.74, 6) is 0.217. The second-order valence-electron chi connectivity index (χ2n) is 7.92. The Labute approximate surface area is 170 Å². The van der Waals surface area contributed by atoms with Crippen molar-refractivity contribution < 1.29 is 23.8 Å². The number of carbonyl (C=O) groups excluding carboxylic acids is 1. The Hall–Kier alpha value is -2.44. The molecule has 0 radical (unpaired) electrons. The van der Waals surface area contributed by atoms with Gasteiger partial charge in [0.05, 0.1) is 11.7 Å². The third kappa shape index (κ3) is 5.55. The highest BCUT2D eigenvalue weighted by molar-refractivity contribution is 5.73. The lowest BCUT2D eigenvalue weighted by molar-refractivity contribution is -0.227. The maximum atomic E-state index is 13.8. The molecular weight excluding hydrogens is 373 g/mol. The Bertz CT molecular complexity index is 868. The van der Waals surface area contributed by atoms with Gasteiger partial charge in [-0.25, -0.2) is 4.39 Å². The zero-order chi connectivity index (χ0) is 21.0. The van der Waals surface area contributed by atoms with Crippen molar-refractivity contribution in [2.75, 3.05) is 6.54 Å². The van der Waals surface area contributed by atoms with Crippen LogP contribution in [0.1, 0.15) is 39.2 Å². The first-order valence-corrected chi connectivity index (χ1v) is 9.90. The lowest BCUT2D eigenvalue weighted by Gasteiger charge is -2.39. The molecule has 5 nitrogen and oxygen atoms in total. The summed E-state index contributed by atoms with van der Waals surface area (Å²) in [6, 6.07) is 12.1. The second-order valence-corrected chi connectivity index (χ2v) is 7.92. The molecule has 0 saturated carbocycles. The average Bonchev–Trinajstić information content (AvgIpc) is 2.65. The van der Waals surface area contributed by atoms with Crippen molar-refractivity contribution in [3.8, 4) is 16.9 Å². The van der Waals surface area contributed by atoms with Gasteiger partial charge in [-0.15, -0.1) is 0 Å². The monoisotopic (exact) mass is 401 g/mol. The van der Waals surface area contributed by atoms with Crippen LogP contribution in [0, 0.1) is 5.82 Å². The molecule has 2 aromatic carbocycles. The first-order valence-electron chi connectivity index (χ1n) is 9.90. The van der Waals surface area contributed by atoms with Crippen molar-refractivity contribution in [2.24, 2.45) is 0 Å². The van der Waals surface area contributed by atoms with Gasteiger partial charge in [-0.3, -0.25) is 4.79 Å². The van der Waals surface area contributed by atoms with E-state index in [0.29, 0.717) is 31.6 Å². The molecule has 1 amide bonds. The molecule has 156 valence electrons. The molecule has 1 aliphatic heterocycles. The molecule has 2 unspecified atom stereocenters. The van der Waals surface area contributed by atoms with Crippen LogP contribution >= 0.6 is 0 Å². The average molecular weight is 401 g/mol. The maximum Gasteiger partial charge on any atom is 0.216 e. The van der Waals surface area contributed by atoms with Crippen LogP contribution in [0.2, 0.25) is 0 Å². The molecule has 0 bridgehead atoms. The topological polar surface area (TPSA) is 67.8 Å². The van der Waals surface area contributed by atoms with Crippen LogP contribution in [0.15, 0.2) is 42.5 Å². The van der Waals surface area contributed by atoms with Gasteiger partial charge in [-0.2, -0.15) is 0 Å². The summed E-state index contributed by atoms with van der Waals surface area (Å²) < 4.78 is 25.7. The molecule has 1 fully saturated rings. The van der Waals surface area contributed by atoms with Crippen LogP contribution in [0.3, 0.4) is 0 Å². The first-order chi connectivity index (χ1) is 13.7. The van der Waals surface area contributed by atoms with Gasteiger partial charge in [0, 0.05) is 19.9 Å². The van der Waals surface area contributed by atoms with E-state index >= 15 is 0 Å². The molecular formula is C23H28FNO4. The number of nitrogens with one attached hydrogen (secondary N) is 1. The van der Waals surface area contributed by atoms with Crippen LogP contribution in [-0.2, 0) is 16.0 Å². The Morgan fingerprint density at radius 1 is 1.28 bits per heavy atom. The Balaban J connectivity index is 1.84. The SMILES string of the molecule is CC(=O)NCCc1ccc(OC2CCC(O)C(C)(C)O2)cc1-c1cccc(F)c1. The number of aliphatic hydroxyl groups is 1. The molecule has 0 aromatic heterocycles. The zero-order valence-corrected chi connectivity index (χ0v) is 17.1. The van der Waals surface area contributed by atoms with Gasteiger partial charge >= 0.3 is 0 Å². The van der Waals surface area contributed by atoms with Crippen molar-refractivity contribution in [2.45, 2.75) is 58.0 Å². The minimum atomic E-state index is -0.674. The van der Waals surface area contributed by atoms with E-state index in [2.05, 4.69) is 5.32 Å². The highest BCUT2D eigenvalue weighted by atomic mass is 19.1. The van der Waals surface area contributed by atoms with Crippen molar-refractivity contribution in [3.05, 3.63) is 53.8 Å². The molecule has 0 spiro atoms. The van der Waals surface area contributed by atoms with E-state index in [-0.39, 0.29) is 11.7 Å². The van der Waals surface area contributed by atoms with Crippen LogP contribution in [0.5, 0.6) is 5.75 Å². The van der Waals surface area contributed by atoms with E-state index in [9.17, 15) is 14.3 Å². The van der Waals surface area contributed by atoms with Crippen LogP contribution in [-0.4, -0.2) is 35.6 Å². The number of benzene rings is 2. The fourth-order valence-electron chi connectivity index (χ4n) is 3.50. The largest absolute Gasteiger partial charge is 0.465 e. The number of aliphatic hydroxyl groups excluding tert-OH is 1. The fourth-order valence-corrected chi connectivity index (χ4v) is 3.50. The number of ether oxygens (including phenoxy) is 2. The summed E-state index contributed by atoms with van der Waals surface area (Å²) in [7, 11) is 0. The van der Waals surface area contributed by atoms with Crippen LogP contribution in [0.4, 0.5) is 4.39 Å². The van der Waals surface area contributed by atoms with E-state index < -0.39 is 18.0 Å². The van der Waals surface area contributed by atoms with Gasteiger partial charge in [0.2, 0.25) is 12.2 Å². The van der Waals surface area contributed by atoms with Gasteiger partial charge < -0.3 is 19.9 Å². The molecule has 1 heterocycles. The molecule has 1 aliphatic rings. The van der Waals surface area contributed by atoms with Gasteiger partial charge in [-0.05, 0) is 67.6 Å². The smallest absolute Gasteiger partial charge is 0.216 e. The van der Waals surface area contributed by atoms with Crippen molar-refractivity contribution in [3.63, 3.8) is 0 Å². The summed E-state index contributed by atoms with van der Waals surface area (Å²) in [4.78, 5) is 11.2. The molecule has 1 saturated heterocycles. The van der Waals surface area contributed by atoms with E-state index in [4.69, 9.17) is 9.47 Å². The van der Waals surface area contributed by atoms with Gasteiger partial charge in [0.15, 0.2) is 0 Å². The van der Waals surface area contributed by atoms with E-state index in [1.54, 1.807) is 6.07 Å². The maximum absolute atomic E-state index is 13.8. The molecule has 2 aromatic rings. The number of halogens is 1. The van der Waals surface area contributed by atoms with E-state index in [1.165, 1.54) is 19.1 Å². The zero-order valence-electron chi connectivity index (χ0n) is 17.1. The predicted octanol–water partition coefficient (Wildman–Crippen LogP) is 3.83.